The molecule has 0 saturated heterocycles. The van der Waals surface area contributed by atoms with E-state index < -0.39 is 0 Å². The van der Waals surface area contributed by atoms with Crippen molar-refractivity contribution in [2.45, 2.75) is 26.3 Å². The van der Waals surface area contributed by atoms with Gasteiger partial charge in [-0.05, 0) is 43.7 Å². The van der Waals surface area contributed by atoms with E-state index in [1.54, 1.807) is 0 Å². The third-order valence-corrected chi connectivity index (χ3v) is 3.68. The van der Waals surface area contributed by atoms with Crippen LogP contribution >= 0.6 is 31.9 Å². The Labute approximate surface area is 120 Å². The summed E-state index contributed by atoms with van der Waals surface area (Å²) in [5.74, 6) is 0. The third kappa shape index (κ3) is 5.08. The molecule has 0 aliphatic carbocycles. The van der Waals surface area contributed by atoms with Gasteiger partial charge >= 0.3 is 0 Å². The number of hydrogen-bond acceptors (Lipinski definition) is 2. The minimum atomic E-state index is 0.238. The third-order valence-electron chi connectivity index (χ3n) is 2.46. The van der Waals surface area contributed by atoms with E-state index in [-0.39, 0.29) is 6.04 Å². The summed E-state index contributed by atoms with van der Waals surface area (Å²) in [6.07, 6.45) is 1.12. The zero-order chi connectivity index (χ0) is 12.7. The van der Waals surface area contributed by atoms with Gasteiger partial charge in [0.25, 0.3) is 0 Å². The minimum absolute atomic E-state index is 0.238. The summed E-state index contributed by atoms with van der Waals surface area (Å²) in [7, 11) is 0. The van der Waals surface area contributed by atoms with Crippen LogP contribution in [-0.4, -0.2) is 19.8 Å². The first-order valence-electron chi connectivity index (χ1n) is 5.95. The van der Waals surface area contributed by atoms with Crippen molar-refractivity contribution in [3.63, 3.8) is 0 Å². The Bertz CT molecular complexity index is 336. The molecule has 0 radical (unpaired) electrons. The molecule has 2 nitrogen and oxygen atoms in total. The highest BCUT2D eigenvalue weighted by atomic mass is 79.9. The molecule has 0 aromatic heterocycles. The van der Waals surface area contributed by atoms with Crippen LogP contribution < -0.4 is 5.32 Å². The summed E-state index contributed by atoms with van der Waals surface area (Å²) in [6.45, 7) is 6.63. The summed E-state index contributed by atoms with van der Waals surface area (Å²) in [6, 6.07) is 6.47. The normalized spacial score (nSPS) is 12.7. The van der Waals surface area contributed by atoms with Crippen molar-refractivity contribution in [2.24, 2.45) is 0 Å². The maximum Gasteiger partial charge on any atom is 0.0661 e. The highest BCUT2D eigenvalue weighted by Crippen LogP contribution is 2.27. The quantitative estimate of drug-likeness (QED) is 0.779. The Hall–Kier alpha value is 0.1000. The standard InChI is InChI=1S/C13H19Br2NO/c1-3-7-16-13(9-17-4-2)11-8-10(14)5-6-12(11)15/h5-6,8,13,16H,3-4,7,9H2,1-2H3. The van der Waals surface area contributed by atoms with Gasteiger partial charge in [-0.25, -0.2) is 0 Å². The van der Waals surface area contributed by atoms with Crippen LogP contribution in [0.1, 0.15) is 31.9 Å². The van der Waals surface area contributed by atoms with Crippen LogP contribution in [0.2, 0.25) is 0 Å². The van der Waals surface area contributed by atoms with Gasteiger partial charge in [0.2, 0.25) is 0 Å². The van der Waals surface area contributed by atoms with Gasteiger partial charge in [-0.3, -0.25) is 0 Å². The summed E-state index contributed by atoms with van der Waals surface area (Å²) < 4.78 is 7.76. The van der Waals surface area contributed by atoms with Gasteiger partial charge in [-0.1, -0.05) is 38.8 Å². The first-order chi connectivity index (χ1) is 8.19. The van der Waals surface area contributed by atoms with Gasteiger partial charge in [0.05, 0.1) is 12.6 Å². The lowest BCUT2D eigenvalue weighted by atomic mass is 10.1. The molecule has 1 N–H and O–H groups in total. The predicted octanol–water partition coefficient (Wildman–Crippen LogP) is 4.29. The zero-order valence-electron chi connectivity index (χ0n) is 10.3. The monoisotopic (exact) mass is 363 g/mol. The highest BCUT2D eigenvalue weighted by Gasteiger charge is 2.14. The second kappa shape index (κ2) is 8.25. The van der Waals surface area contributed by atoms with Crippen LogP contribution in [0.15, 0.2) is 27.1 Å². The van der Waals surface area contributed by atoms with Crippen molar-refractivity contribution in [3.05, 3.63) is 32.7 Å². The van der Waals surface area contributed by atoms with Crippen LogP contribution in [-0.2, 0) is 4.74 Å². The van der Waals surface area contributed by atoms with E-state index in [1.807, 2.05) is 13.0 Å². The fourth-order valence-corrected chi connectivity index (χ4v) is 2.50. The topological polar surface area (TPSA) is 21.3 Å². The van der Waals surface area contributed by atoms with Gasteiger partial charge in [0.15, 0.2) is 0 Å². The molecule has 0 aliphatic rings. The lowest BCUT2D eigenvalue weighted by Crippen LogP contribution is -2.26. The van der Waals surface area contributed by atoms with Gasteiger partial charge in [0.1, 0.15) is 0 Å². The Kier molecular flexibility index (Phi) is 7.35. The van der Waals surface area contributed by atoms with Crippen LogP contribution in [0.5, 0.6) is 0 Å². The Morgan fingerprint density at radius 2 is 2.06 bits per heavy atom. The van der Waals surface area contributed by atoms with E-state index in [0.29, 0.717) is 6.61 Å². The molecular weight excluding hydrogens is 346 g/mol. The molecule has 1 aromatic carbocycles. The van der Waals surface area contributed by atoms with Crippen LogP contribution in [0.25, 0.3) is 0 Å². The van der Waals surface area contributed by atoms with Crippen molar-refractivity contribution >= 4 is 31.9 Å². The first kappa shape index (κ1) is 15.2. The zero-order valence-corrected chi connectivity index (χ0v) is 13.5. The molecule has 17 heavy (non-hydrogen) atoms. The van der Waals surface area contributed by atoms with E-state index in [9.17, 15) is 0 Å². The SMILES string of the molecule is CCCNC(COCC)c1cc(Br)ccc1Br. The minimum Gasteiger partial charge on any atom is -0.380 e. The molecule has 1 unspecified atom stereocenters. The Morgan fingerprint density at radius 1 is 1.29 bits per heavy atom. The van der Waals surface area contributed by atoms with Gasteiger partial charge in [-0.2, -0.15) is 0 Å². The summed E-state index contributed by atoms with van der Waals surface area (Å²) >= 11 is 7.11. The molecule has 0 saturated carbocycles. The lowest BCUT2D eigenvalue weighted by Gasteiger charge is -2.20. The predicted molar refractivity (Wildman–Crippen MR) is 79.4 cm³/mol. The maximum atomic E-state index is 5.54. The fourth-order valence-electron chi connectivity index (χ4n) is 1.59. The second-order valence-corrected chi connectivity index (χ2v) is 5.60. The molecule has 0 heterocycles. The largest absolute Gasteiger partial charge is 0.380 e. The van der Waals surface area contributed by atoms with Gasteiger partial charge in [0, 0.05) is 15.6 Å². The molecule has 0 spiro atoms. The number of rotatable bonds is 7. The van der Waals surface area contributed by atoms with E-state index in [1.165, 1.54) is 5.56 Å². The second-order valence-electron chi connectivity index (χ2n) is 3.83. The Balaban J connectivity index is 2.82. The van der Waals surface area contributed by atoms with E-state index in [0.717, 1.165) is 28.5 Å². The molecule has 1 aromatic rings. The number of halogens is 2. The van der Waals surface area contributed by atoms with Crippen LogP contribution in [0.4, 0.5) is 0 Å². The molecule has 1 atom stereocenters. The highest BCUT2D eigenvalue weighted by molar-refractivity contribution is 9.11. The Morgan fingerprint density at radius 3 is 2.71 bits per heavy atom. The smallest absolute Gasteiger partial charge is 0.0661 e. The molecule has 0 aliphatic heterocycles. The number of benzene rings is 1. The van der Waals surface area contributed by atoms with Crippen molar-refractivity contribution in [3.8, 4) is 0 Å². The van der Waals surface area contributed by atoms with E-state index in [4.69, 9.17) is 4.74 Å². The number of hydrogen-bond donors (Lipinski definition) is 1. The van der Waals surface area contributed by atoms with Gasteiger partial charge < -0.3 is 10.1 Å². The van der Waals surface area contributed by atoms with Crippen molar-refractivity contribution in [2.75, 3.05) is 19.8 Å². The van der Waals surface area contributed by atoms with Gasteiger partial charge in [-0.15, -0.1) is 0 Å². The van der Waals surface area contributed by atoms with Crippen molar-refractivity contribution in [1.82, 2.24) is 5.32 Å². The molecule has 1 rings (SSSR count). The molecular formula is C13H19Br2NO. The van der Waals surface area contributed by atoms with E-state index in [2.05, 4.69) is 56.2 Å². The fraction of sp³-hybridized carbons (Fsp3) is 0.538. The average molecular weight is 365 g/mol. The molecule has 0 fully saturated rings. The number of nitrogens with one attached hydrogen (secondary N) is 1. The van der Waals surface area contributed by atoms with E-state index >= 15 is 0 Å². The molecule has 96 valence electrons. The summed E-state index contributed by atoms with van der Waals surface area (Å²) in [5, 5.41) is 3.51. The number of ether oxygens (including phenoxy) is 1. The van der Waals surface area contributed by atoms with Crippen molar-refractivity contribution < 1.29 is 4.74 Å². The first-order valence-corrected chi connectivity index (χ1v) is 7.53. The molecule has 0 amide bonds. The summed E-state index contributed by atoms with van der Waals surface area (Å²) in [4.78, 5) is 0. The maximum absolute atomic E-state index is 5.54. The molecule has 0 bridgehead atoms. The molecule has 4 heteroatoms. The van der Waals surface area contributed by atoms with Crippen molar-refractivity contribution in [1.29, 1.82) is 0 Å². The average Bonchev–Trinajstić information content (AvgIpc) is 2.33. The summed E-state index contributed by atoms with van der Waals surface area (Å²) in [5.41, 5.74) is 1.24. The van der Waals surface area contributed by atoms with Crippen LogP contribution in [0.3, 0.4) is 0 Å². The lowest BCUT2D eigenvalue weighted by molar-refractivity contribution is 0.123. The van der Waals surface area contributed by atoms with Crippen LogP contribution in [0, 0.1) is 0 Å².